The second kappa shape index (κ2) is 6.26. The van der Waals surface area contributed by atoms with E-state index >= 15 is 0 Å². The van der Waals surface area contributed by atoms with E-state index in [1.807, 2.05) is 43.7 Å². The molecule has 0 saturated carbocycles. The second-order valence-corrected chi connectivity index (χ2v) is 4.29. The third kappa shape index (κ3) is 3.37. The van der Waals surface area contributed by atoms with E-state index in [0.717, 1.165) is 18.4 Å². The summed E-state index contributed by atoms with van der Waals surface area (Å²) in [5.74, 6) is -0.192. The van der Waals surface area contributed by atoms with Crippen LogP contribution in [0.3, 0.4) is 0 Å². The van der Waals surface area contributed by atoms with E-state index in [1.54, 1.807) is 0 Å². The summed E-state index contributed by atoms with van der Waals surface area (Å²) in [6, 6.07) is 11.0. The Bertz CT molecular complexity index is 468. The molecule has 0 spiro atoms. The largest absolute Gasteiger partial charge is 0.313 e. The number of nitrogens with zero attached hydrogens (tertiary/aromatic N) is 1. The third-order valence-electron chi connectivity index (χ3n) is 3.09. The SMILES string of the molecule is CNC(CCc1ccncc1)c1ccc(F)cc1. The quantitative estimate of drug-likeness (QED) is 0.874. The van der Waals surface area contributed by atoms with Gasteiger partial charge in [-0.3, -0.25) is 4.98 Å². The van der Waals surface area contributed by atoms with Gasteiger partial charge in [-0.25, -0.2) is 4.39 Å². The van der Waals surface area contributed by atoms with Crippen LogP contribution >= 0.6 is 0 Å². The summed E-state index contributed by atoms with van der Waals surface area (Å²) >= 11 is 0. The average molecular weight is 244 g/mol. The molecule has 0 aliphatic rings. The number of pyridine rings is 1. The standard InChI is InChI=1S/C15H17FN2/c1-17-15(13-3-5-14(16)6-4-13)7-2-12-8-10-18-11-9-12/h3-6,8-11,15,17H,2,7H2,1H3. The van der Waals surface area contributed by atoms with Crippen LogP contribution in [0.2, 0.25) is 0 Å². The molecule has 0 aliphatic carbocycles. The Morgan fingerprint density at radius 2 is 1.78 bits per heavy atom. The van der Waals surface area contributed by atoms with Gasteiger partial charge in [0.25, 0.3) is 0 Å². The number of halogens is 1. The summed E-state index contributed by atoms with van der Waals surface area (Å²) in [5.41, 5.74) is 2.39. The summed E-state index contributed by atoms with van der Waals surface area (Å²) < 4.78 is 12.9. The maximum absolute atomic E-state index is 12.9. The molecule has 94 valence electrons. The smallest absolute Gasteiger partial charge is 0.123 e. The molecule has 1 atom stereocenters. The molecule has 0 bridgehead atoms. The van der Waals surface area contributed by atoms with Gasteiger partial charge in [0.2, 0.25) is 0 Å². The first-order chi connectivity index (χ1) is 8.79. The molecule has 18 heavy (non-hydrogen) atoms. The lowest BCUT2D eigenvalue weighted by Crippen LogP contribution is -2.17. The van der Waals surface area contributed by atoms with E-state index < -0.39 is 0 Å². The lowest BCUT2D eigenvalue weighted by atomic mass is 9.99. The van der Waals surface area contributed by atoms with Gasteiger partial charge >= 0.3 is 0 Å². The predicted molar refractivity (Wildman–Crippen MR) is 70.8 cm³/mol. The maximum atomic E-state index is 12.9. The van der Waals surface area contributed by atoms with Gasteiger partial charge in [-0.05, 0) is 55.3 Å². The Morgan fingerprint density at radius 1 is 1.11 bits per heavy atom. The van der Waals surface area contributed by atoms with E-state index in [1.165, 1.54) is 17.7 Å². The number of rotatable bonds is 5. The van der Waals surface area contributed by atoms with E-state index in [2.05, 4.69) is 10.3 Å². The van der Waals surface area contributed by atoms with Crippen LogP contribution in [0.25, 0.3) is 0 Å². The van der Waals surface area contributed by atoms with Crippen molar-refractivity contribution >= 4 is 0 Å². The molecule has 2 rings (SSSR count). The predicted octanol–water partition coefficient (Wildman–Crippen LogP) is 3.11. The van der Waals surface area contributed by atoms with Gasteiger partial charge in [0.05, 0.1) is 0 Å². The minimum Gasteiger partial charge on any atom is -0.313 e. The van der Waals surface area contributed by atoms with Crippen LogP contribution in [-0.2, 0) is 6.42 Å². The van der Waals surface area contributed by atoms with Crippen LogP contribution in [0.5, 0.6) is 0 Å². The molecule has 1 N–H and O–H groups in total. The first-order valence-electron chi connectivity index (χ1n) is 6.11. The van der Waals surface area contributed by atoms with Gasteiger partial charge in [-0.15, -0.1) is 0 Å². The van der Waals surface area contributed by atoms with Crippen molar-refractivity contribution in [2.24, 2.45) is 0 Å². The average Bonchev–Trinajstić information content (AvgIpc) is 2.42. The van der Waals surface area contributed by atoms with Gasteiger partial charge in [-0.2, -0.15) is 0 Å². The molecular formula is C15H17FN2. The highest BCUT2D eigenvalue weighted by atomic mass is 19.1. The summed E-state index contributed by atoms with van der Waals surface area (Å²) in [5, 5.41) is 3.27. The number of hydrogen-bond donors (Lipinski definition) is 1. The van der Waals surface area contributed by atoms with Crippen molar-refractivity contribution in [2.45, 2.75) is 18.9 Å². The van der Waals surface area contributed by atoms with Crippen LogP contribution < -0.4 is 5.32 Å². The molecule has 1 unspecified atom stereocenters. The molecule has 3 heteroatoms. The van der Waals surface area contributed by atoms with Crippen LogP contribution in [-0.4, -0.2) is 12.0 Å². The van der Waals surface area contributed by atoms with Crippen molar-refractivity contribution in [1.29, 1.82) is 0 Å². The normalized spacial score (nSPS) is 12.3. The van der Waals surface area contributed by atoms with Crippen LogP contribution in [0.4, 0.5) is 4.39 Å². The van der Waals surface area contributed by atoms with Crippen molar-refractivity contribution in [2.75, 3.05) is 7.05 Å². The zero-order chi connectivity index (χ0) is 12.8. The minimum atomic E-state index is -0.192. The van der Waals surface area contributed by atoms with Gasteiger partial charge in [0, 0.05) is 18.4 Å². The highest BCUT2D eigenvalue weighted by Gasteiger charge is 2.09. The number of benzene rings is 1. The number of aromatic nitrogens is 1. The molecule has 0 fully saturated rings. The van der Waals surface area contributed by atoms with Crippen molar-refractivity contribution < 1.29 is 4.39 Å². The maximum Gasteiger partial charge on any atom is 0.123 e. The van der Waals surface area contributed by atoms with Crippen LogP contribution in [0.1, 0.15) is 23.6 Å². The Hall–Kier alpha value is -1.74. The Labute approximate surface area is 107 Å². The third-order valence-corrected chi connectivity index (χ3v) is 3.09. The molecule has 0 amide bonds. The Morgan fingerprint density at radius 3 is 2.39 bits per heavy atom. The van der Waals surface area contributed by atoms with Crippen molar-refractivity contribution in [3.05, 3.63) is 65.7 Å². The molecule has 0 aliphatic heterocycles. The first kappa shape index (κ1) is 12.7. The summed E-state index contributed by atoms with van der Waals surface area (Å²) in [4.78, 5) is 4.00. The molecule has 0 radical (unpaired) electrons. The van der Waals surface area contributed by atoms with Gasteiger partial charge in [0.1, 0.15) is 5.82 Å². The zero-order valence-corrected chi connectivity index (χ0v) is 10.4. The van der Waals surface area contributed by atoms with Gasteiger partial charge in [0.15, 0.2) is 0 Å². The molecule has 0 saturated heterocycles. The van der Waals surface area contributed by atoms with E-state index in [4.69, 9.17) is 0 Å². The number of nitrogens with one attached hydrogen (secondary N) is 1. The molecule has 1 aromatic heterocycles. The van der Waals surface area contributed by atoms with Crippen molar-refractivity contribution in [3.8, 4) is 0 Å². The van der Waals surface area contributed by atoms with E-state index in [0.29, 0.717) is 0 Å². The lowest BCUT2D eigenvalue weighted by Gasteiger charge is -2.16. The number of hydrogen-bond acceptors (Lipinski definition) is 2. The highest BCUT2D eigenvalue weighted by molar-refractivity contribution is 5.20. The fourth-order valence-electron chi connectivity index (χ4n) is 2.03. The molecule has 1 aromatic carbocycles. The fourth-order valence-corrected chi connectivity index (χ4v) is 2.03. The Balaban J connectivity index is 1.99. The van der Waals surface area contributed by atoms with Gasteiger partial charge in [-0.1, -0.05) is 12.1 Å². The van der Waals surface area contributed by atoms with Crippen molar-refractivity contribution in [3.63, 3.8) is 0 Å². The highest BCUT2D eigenvalue weighted by Crippen LogP contribution is 2.19. The molecule has 1 heterocycles. The summed E-state index contributed by atoms with van der Waals surface area (Å²) in [6.07, 6.45) is 5.57. The first-order valence-corrected chi connectivity index (χ1v) is 6.11. The lowest BCUT2D eigenvalue weighted by molar-refractivity contribution is 0.546. The summed E-state index contributed by atoms with van der Waals surface area (Å²) in [7, 11) is 1.93. The molecule has 2 nitrogen and oxygen atoms in total. The van der Waals surface area contributed by atoms with E-state index in [9.17, 15) is 4.39 Å². The zero-order valence-electron chi connectivity index (χ0n) is 10.4. The van der Waals surface area contributed by atoms with E-state index in [-0.39, 0.29) is 11.9 Å². The fraction of sp³-hybridized carbons (Fsp3) is 0.267. The summed E-state index contributed by atoms with van der Waals surface area (Å²) in [6.45, 7) is 0. The molecule has 2 aromatic rings. The van der Waals surface area contributed by atoms with Crippen molar-refractivity contribution in [1.82, 2.24) is 10.3 Å². The van der Waals surface area contributed by atoms with Crippen LogP contribution in [0.15, 0.2) is 48.8 Å². The minimum absolute atomic E-state index is 0.192. The Kier molecular flexibility index (Phi) is 4.42. The van der Waals surface area contributed by atoms with Crippen LogP contribution in [0, 0.1) is 5.82 Å². The second-order valence-electron chi connectivity index (χ2n) is 4.29. The molecular weight excluding hydrogens is 227 g/mol. The van der Waals surface area contributed by atoms with Gasteiger partial charge < -0.3 is 5.32 Å². The topological polar surface area (TPSA) is 24.9 Å². The number of aryl methyl sites for hydroxylation is 1. The monoisotopic (exact) mass is 244 g/mol.